The van der Waals surface area contributed by atoms with E-state index >= 15 is 0 Å². The maximum atomic E-state index is 12.8. The van der Waals surface area contributed by atoms with Crippen molar-refractivity contribution < 1.29 is 22.4 Å². The van der Waals surface area contributed by atoms with Crippen LogP contribution in [0.3, 0.4) is 0 Å². The molecule has 1 fully saturated rings. The molecular weight excluding hydrogens is 442 g/mol. The van der Waals surface area contributed by atoms with Gasteiger partial charge in [0, 0.05) is 12.5 Å². The van der Waals surface area contributed by atoms with Crippen LogP contribution >= 0.6 is 0 Å². The van der Waals surface area contributed by atoms with Gasteiger partial charge in [0.15, 0.2) is 0 Å². The van der Waals surface area contributed by atoms with Crippen LogP contribution in [0.2, 0.25) is 0 Å². The van der Waals surface area contributed by atoms with Crippen LogP contribution in [0.4, 0.5) is 0 Å². The van der Waals surface area contributed by atoms with E-state index in [1.807, 2.05) is 13.8 Å². The van der Waals surface area contributed by atoms with Crippen LogP contribution in [0.5, 0.6) is 0 Å². The summed E-state index contributed by atoms with van der Waals surface area (Å²) in [6.45, 7) is 4.42. The topological polar surface area (TPSA) is 118 Å². The third-order valence-electron chi connectivity index (χ3n) is 6.10. The van der Waals surface area contributed by atoms with Crippen LogP contribution in [0, 0.1) is 17.8 Å². The van der Waals surface area contributed by atoms with Crippen molar-refractivity contribution in [3.63, 3.8) is 0 Å². The predicted molar refractivity (Wildman–Crippen MR) is 124 cm³/mol. The number of nitrogens with one attached hydrogen (secondary N) is 3. The Bertz CT molecular complexity index is 998. The summed E-state index contributed by atoms with van der Waals surface area (Å²) in [5.41, 5.74) is 0. The molecule has 8 nitrogen and oxygen atoms in total. The van der Waals surface area contributed by atoms with Gasteiger partial charge in [-0.3, -0.25) is 9.59 Å². The lowest BCUT2D eigenvalue weighted by atomic mass is 9.81. The predicted octanol–water partition coefficient (Wildman–Crippen LogP) is 2.82. The molecule has 1 heterocycles. The molecule has 0 bridgehead atoms. The summed E-state index contributed by atoms with van der Waals surface area (Å²) >= 11 is 0. The molecule has 180 valence electrons. The van der Waals surface area contributed by atoms with Crippen LogP contribution in [0.15, 0.2) is 58.0 Å². The fraction of sp³-hybridized carbons (Fsp3) is 0.500. The lowest BCUT2D eigenvalue weighted by Crippen LogP contribution is -2.51. The Morgan fingerprint density at radius 2 is 1.73 bits per heavy atom. The molecule has 1 aromatic carbocycles. The smallest absolute Gasteiger partial charge is 0.243 e. The number of sulfonamides is 1. The zero-order valence-corrected chi connectivity index (χ0v) is 19.9. The largest absolute Gasteiger partial charge is 0.467 e. The molecule has 9 heteroatoms. The average Bonchev–Trinajstić information content (AvgIpc) is 3.34. The molecule has 1 atom stereocenters. The summed E-state index contributed by atoms with van der Waals surface area (Å²) in [5, 5.41) is 5.73. The highest BCUT2D eigenvalue weighted by molar-refractivity contribution is 7.89. The lowest BCUT2D eigenvalue weighted by molar-refractivity contribution is -0.133. The summed E-state index contributed by atoms with van der Waals surface area (Å²) in [5.74, 6) is 0.243. The normalized spacial score (nSPS) is 19.7. The number of carbonyl (C=O) groups excluding carboxylic acids is 2. The third kappa shape index (κ3) is 7.17. The molecule has 33 heavy (non-hydrogen) atoms. The molecule has 3 N–H and O–H groups in total. The first kappa shape index (κ1) is 25.0. The zero-order valence-electron chi connectivity index (χ0n) is 19.1. The standard InChI is InChI=1S/C24H33N3O5S/c1-17(2)22(24(29)25-16-20-7-6-14-32-20)27-23(28)19-12-10-18(11-13-19)15-26-33(30,31)21-8-4-3-5-9-21/h3-9,14,17-19,22,26H,10-13,15-16H2,1-2H3,(H,25,29)(H,27,28)/t18?,19?,22-/m1/s1. The van der Waals surface area contributed by atoms with Gasteiger partial charge in [-0.1, -0.05) is 32.0 Å². The van der Waals surface area contributed by atoms with E-state index in [4.69, 9.17) is 4.42 Å². The molecular formula is C24H33N3O5S. The highest BCUT2D eigenvalue weighted by atomic mass is 32.2. The first-order valence-electron chi connectivity index (χ1n) is 11.4. The van der Waals surface area contributed by atoms with Gasteiger partial charge in [0.1, 0.15) is 11.8 Å². The highest BCUT2D eigenvalue weighted by Gasteiger charge is 2.31. The number of rotatable bonds is 10. The molecule has 1 aliphatic carbocycles. The van der Waals surface area contributed by atoms with Gasteiger partial charge in [0.05, 0.1) is 17.7 Å². The van der Waals surface area contributed by atoms with E-state index < -0.39 is 16.1 Å². The Morgan fingerprint density at radius 3 is 2.33 bits per heavy atom. The molecule has 0 saturated heterocycles. The quantitative estimate of drug-likeness (QED) is 0.488. The van der Waals surface area contributed by atoms with Gasteiger partial charge < -0.3 is 15.1 Å². The Kier molecular flexibility index (Phi) is 8.68. The summed E-state index contributed by atoms with van der Waals surface area (Å²) in [6, 6.07) is 11.2. The Labute approximate surface area is 195 Å². The van der Waals surface area contributed by atoms with Gasteiger partial charge in [0.25, 0.3) is 0 Å². The van der Waals surface area contributed by atoms with Gasteiger partial charge >= 0.3 is 0 Å². The highest BCUT2D eigenvalue weighted by Crippen LogP contribution is 2.29. The maximum absolute atomic E-state index is 12.8. The first-order chi connectivity index (χ1) is 15.8. The molecule has 2 amide bonds. The van der Waals surface area contributed by atoms with Gasteiger partial charge in [-0.2, -0.15) is 0 Å². The van der Waals surface area contributed by atoms with E-state index in [2.05, 4.69) is 15.4 Å². The number of carbonyl (C=O) groups is 2. The Balaban J connectivity index is 1.45. The number of hydrogen-bond acceptors (Lipinski definition) is 5. The average molecular weight is 476 g/mol. The van der Waals surface area contributed by atoms with Crippen LogP contribution < -0.4 is 15.4 Å². The molecule has 0 aliphatic heterocycles. The minimum Gasteiger partial charge on any atom is -0.467 e. The van der Waals surface area contributed by atoms with Crippen molar-refractivity contribution in [3.05, 3.63) is 54.5 Å². The van der Waals surface area contributed by atoms with Crippen molar-refractivity contribution in [3.8, 4) is 0 Å². The minimum atomic E-state index is -3.53. The SMILES string of the molecule is CC(C)[C@@H](NC(=O)C1CCC(CNS(=O)(=O)c2ccccc2)CC1)C(=O)NCc1ccco1. The van der Waals surface area contributed by atoms with E-state index in [9.17, 15) is 18.0 Å². The third-order valence-corrected chi connectivity index (χ3v) is 7.54. The molecule has 0 unspecified atom stereocenters. The first-order valence-corrected chi connectivity index (χ1v) is 12.9. The minimum absolute atomic E-state index is 0.0608. The number of amides is 2. The van der Waals surface area contributed by atoms with Gasteiger partial charge in [-0.15, -0.1) is 0 Å². The summed E-state index contributed by atoms with van der Waals surface area (Å²) in [4.78, 5) is 25.7. The van der Waals surface area contributed by atoms with Gasteiger partial charge in [-0.05, 0) is 61.8 Å². The van der Waals surface area contributed by atoms with E-state index in [1.165, 1.54) is 0 Å². The van der Waals surface area contributed by atoms with E-state index in [0.717, 1.165) is 12.8 Å². The number of hydrogen-bond donors (Lipinski definition) is 3. The van der Waals surface area contributed by atoms with Crippen molar-refractivity contribution in [2.45, 2.75) is 57.0 Å². The monoisotopic (exact) mass is 475 g/mol. The van der Waals surface area contributed by atoms with Gasteiger partial charge in [0.2, 0.25) is 21.8 Å². The second kappa shape index (κ2) is 11.5. The molecule has 0 spiro atoms. The molecule has 1 aliphatic rings. The fourth-order valence-electron chi connectivity index (χ4n) is 4.04. The summed E-state index contributed by atoms with van der Waals surface area (Å²) < 4.78 is 32.7. The molecule has 0 radical (unpaired) electrons. The van der Waals surface area contributed by atoms with Crippen LogP contribution in [0.25, 0.3) is 0 Å². The molecule has 1 aromatic heterocycles. The van der Waals surface area contributed by atoms with Crippen LogP contribution in [-0.4, -0.2) is 32.8 Å². The number of benzene rings is 1. The molecule has 1 saturated carbocycles. The second-order valence-corrected chi connectivity index (χ2v) is 10.7. The molecule has 2 aromatic rings. The lowest BCUT2D eigenvalue weighted by Gasteiger charge is -2.30. The summed E-state index contributed by atoms with van der Waals surface area (Å²) in [6.07, 6.45) is 4.40. The van der Waals surface area contributed by atoms with Gasteiger partial charge in [-0.25, -0.2) is 13.1 Å². The van der Waals surface area contributed by atoms with Crippen LogP contribution in [0.1, 0.15) is 45.3 Å². The van der Waals surface area contributed by atoms with Crippen molar-refractivity contribution in [2.24, 2.45) is 17.8 Å². The Hall–Kier alpha value is -2.65. The van der Waals surface area contributed by atoms with E-state index in [-0.39, 0.29) is 41.0 Å². The number of furan rings is 1. The van der Waals surface area contributed by atoms with Crippen molar-refractivity contribution in [1.82, 2.24) is 15.4 Å². The zero-order chi connectivity index (χ0) is 23.8. The van der Waals surface area contributed by atoms with E-state index in [0.29, 0.717) is 25.1 Å². The van der Waals surface area contributed by atoms with Crippen molar-refractivity contribution >= 4 is 21.8 Å². The van der Waals surface area contributed by atoms with Crippen molar-refractivity contribution in [2.75, 3.05) is 6.54 Å². The van der Waals surface area contributed by atoms with E-state index in [1.54, 1.807) is 48.7 Å². The molecule has 3 rings (SSSR count). The maximum Gasteiger partial charge on any atom is 0.243 e. The fourth-order valence-corrected chi connectivity index (χ4v) is 5.18. The second-order valence-electron chi connectivity index (χ2n) is 8.91. The summed E-state index contributed by atoms with van der Waals surface area (Å²) in [7, 11) is -3.53. The van der Waals surface area contributed by atoms with Crippen LogP contribution in [-0.2, 0) is 26.2 Å². The van der Waals surface area contributed by atoms with Crippen molar-refractivity contribution in [1.29, 1.82) is 0 Å². The Morgan fingerprint density at radius 1 is 1.03 bits per heavy atom.